The number of carbonyl (C=O) groups excluding carboxylic acids is 1. The molecule has 2 N–H and O–H groups in total. The molecule has 1 atom stereocenters. The number of halogens is 1. The zero-order valence-electron chi connectivity index (χ0n) is 25.0. The molecule has 0 spiro atoms. The van der Waals surface area contributed by atoms with E-state index in [1.165, 1.54) is 12.1 Å². The first kappa shape index (κ1) is 29.1. The Balaban J connectivity index is 1.16. The Bertz CT molecular complexity index is 1820. The molecule has 3 heterocycles. The van der Waals surface area contributed by atoms with Crippen molar-refractivity contribution in [1.29, 1.82) is 0 Å². The van der Waals surface area contributed by atoms with Gasteiger partial charge in [0.15, 0.2) is 0 Å². The quantitative estimate of drug-likeness (QED) is 0.208. The fraction of sp³-hybridized carbons (Fsp3) is 0.294. The molecule has 44 heavy (non-hydrogen) atoms. The molecule has 2 aromatic heterocycles. The number of hydrogen-bond donors (Lipinski definition) is 2. The van der Waals surface area contributed by atoms with Gasteiger partial charge in [0.1, 0.15) is 5.82 Å². The van der Waals surface area contributed by atoms with Gasteiger partial charge >= 0.3 is 5.97 Å². The molecule has 10 heteroatoms. The minimum Gasteiger partial charge on any atom is -0.478 e. The Hall–Kier alpha value is -4.99. The summed E-state index contributed by atoms with van der Waals surface area (Å²) < 4.78 is 17.6. The molecule has 1 saturated heterocycles. The summed E-state index contributed by atoms with van der Waals surface area (Å²) in [7, 11) is 0. The Morgan fingerprint density at radius 2 is 1.80 bits per heavy atom. The van der Waals surface area contributed by atoms with Gasteiger partial charge in [-0.25, -0.2) is 14.2 Å². The van der Waals surface area contributed by atoms with Crippen LogP contribution in [-0.2, 0) is 12.1 Å². The van der Waals surface area contributed by atoms with Gasteiger partial charge in [-0.2, -0.15) is 5.10 Å². The average Bonchev–Trinajstić information content (AvgIpc) is 3.75. The Labute approximate surface area is 254 Å². The third-order valence-corrected chi connectivity index (χ3v) is 8.19. The van der Waals surface area contributed by atoms with Crippen LogP contribution in [0.5, 0.6) is 0 Å². The lowest BCUT2D eigenvalue weighted by atomic mass is 10.0. The number of benzene rings is 3. The van der Waals surface area contributed by atoms with Crippen molar-refractivity contribution in [2.24, 2.45) is 5.92 Å². The molecule has 0 radical (unpaired) electrons. The molecule has 5 aromatic rings. The van der Waals surface area contributed by atoms with E-state index in [1.54, 1.807) is 35.1 Å². The number of rotatable bonds is 8. The first-order valence-corrected chi connectivity index (χ1v) is 14.8. The van der Waals surface area contributed by atoms with Gasteiger partial charge in [-0.3, -0.25) is 9.48 Å². The maximum absolute atomic E-state index is 13.7. The fourth-order valence-electron chi connectivity index (χ4n) is 5.86. The van der Waals surface area contributed by atoms with E-state index in [0.717, 1.165) is 49.2 Å². The van der Waals surface area contributed by atoms with Crippen molar-refractivity contribution in [1.82, 2.24) is 19.3 Å². The Kier molecular flexibility index (Phi) is 7.67. The molecule has 1 aliphatic rings. The predicted octanol–water partition coefficient (Wildman–Crippen LogP) is 6.66. The third kappa shape index (κ3) is 5.92. The fourth-order valence-corrected chi connectivity index (χ4v) is 5.86. The van der Waals surface area contributed by atoms with Gasteiger partial charge in [0, 0.05) is 36.6 Å². The van der Waals surface area contributed by atoms with E-state index in [9.17, 15) is 14.0 Å². The summed E-state index contributed by atoms with van der Waals surface area (Å²) in [5, 5.41) is 16.7. The second-order valence-corrected chi connectivity index (χ2v) is 12.3. The van der Waals surface area contributed by atoms with E-state index in [4.69, 9.17) is 5.11 Å². The van der Waals surface area contributed by atoms with Crippen LogP contribution in [0.15, 0.2) is 79.3 Å². The van der Waals surface area contributed by atoms with E-state index >= 15 is 0 Å². The Morgan fingerprint density at radius 1 is 1.05 bits per heavy atom. The van der Waals surface area contributed by atoms with E-state index in [0.29, 0.717) is 34.0 Å². The molecule has 1 fully saturated rings. The Morgan fingerprint density at radius 3 is 2.50 bits per heavy atom. The van der Waals surface area contributed by atoms with Gasteiger partial charge in [-0.05, 0) is 106 Å². The zero-order valence-corrected chi connectivity index (χ0v) is 25.0. The topological polar surface area (TPSA) is 105 Å². The van der Waals surface area contributed by atoms with Crippen LogP contribution in [0.25, 0.3) is 22.3 Å². The van der Waals surface area contributed by atoms with E-state index in [2.05, 4.69) is 24.9 Å². The summed E-state index contributed by atoms with van der Waals surface area (Å²) in [5.41, 5.74) is 5.12. The summed E-state index contributed by atoms with van der Waals surface area (Å²) >= 11 is 0. The number of aromatic nitrogens is 4. The molecule has 1 unspecified atom stereocenters. The minimum absolute atomic E-state index is 0.292. The van der Waals surface area contributed by atoms with Gasteiger partial charge in [0.25, 0.3) is 5.91 Å². The summed E-state index contributed by atoms with van der Waals surface area (Å²) in [5.74, 6) is -1.06. The number of fused-ring (bicyclic) bond motifs is 1. The minimum atomic E-state index is -0.919. The van der Waals surface area contributed by atoms with Crippen LogP contribution >= 0.6 is 0 Å². The highest BCUT2D eigenvalue weighted by Gasteiger charge is 2.26. The van der Waals surface area contributed by atoms with Crippen molar-refractivity contribution >= 4 is 34.3 Å². The number of aryl methyl sites for hydroxylation is 1. The summed E-state index contributed by atoms with van der Waals surface area (Å²) in [6, 6.07) is 18.8. The number of carbonyl (C=O) groups is 2. The number of aromatic carboxylic acids is 1. The number of amides is 1. The number of nitrogens with one attached hydrogen (secondary N) is 1. The highest BCUT2D eigenvalue weighted by Crippen LogP contribution is 2.31. The monoisotopic (exact) mass is 594 g/mol. The molecule has 3 aromatic carbocycles. The smallest absolute Gasteiger partial charge is 0.335 e. The predicted molar refractivity (Wildman–Crippen MR) is 169 cm³/mol. The molecular weight excluding hydrogens is 559 g/mol. The second-order valence-electron chi connectivity index (χ2n) is 12.3. The molecular formula is C34H35FN6O3. The van der Waals surface area contributed by atoms with Gasteiger partial charge in [0.05, 0.1) is 45.9 Å². The van der Waals surface area contributed by atoms with E-state index in [1.807, 2.05) is 57.4 Å². The number of nitrogens with zero attached hydrogens (tertiary/aromatic N) is 5. The summed E-state index contributed by atoms with van der Waals surface area (Å²) in [4.78, 5) is 31.6. The van der Waals surface area contributed by atoms with E-state index in [-0.39, 0.29) is 11.7 Å². The van der Waals surface area contributed by atoms with Crippen molar-refractivity contribution in [3.8, 4) is 11.3 Å². The largest absolute Gasteiger partial charge is 0.478 e. The van der Waals surface area contributed by atoms with Gasteiger partial charge in [0.2, 0.25) is 0 Å². The second kappa shape index (κ2) is 11.6. The van der Waals surface area contributed by atoms with E-state index < -0.39 is 11.5 Å². The van der Waals surface area contributed by atoms with Crippen molar-refractivity contribution < 1.29 is 19.1 Å². The first-order valence-electron chi connectivity index (χ1n) is 14.8. The number of hydrogen-bond acceptors (Lipinski definition) is 5. The van der Waals surface area contributed by atoms with Crippen molar-refractivity contribution in [3.63, 3.8) is 0 Å². The molecule has 226 valence electrons. The van der Waals surface area contributed by atoms with Crippen LogP contribution in [0.2, 0.25) is 0 Å². The van der Waals surface area contributed by atoms with Crippen molar-refractivity contribution in [3.05, 3.63) is 96.2 Å². The molecule has 0 saturated carbocycles. The summed E-state index contributed by atoms with van der Waals surface area (Å²) in [6.45, 7) is 8.66. The maximum atomic E-state index is 13.7. The average molecular weight is 595 g/mol. The molecule has 9 nitrogen and oxygen atoms in total. The van der Waals surface area contributed by atoms with Crippen LogP contribution < -0.4 is 10.2 Å². The van der Waals surface area contributed by atoms with Gasteiger partial charge in [-0.15, -0.1) is 0 Å². The third-order valence-electron chi connectivity index (χ3n) is 8.19. The first-order chi connectivity index (χ1) is 21.1. The highest BCUT2D eigenvalue weighted by molar-refractivity contribution is 6.08. The molecule has 1 amide bonds. The molecule has 0 aliphatic carbocycles. The SMILES string of the molecule is CC(C)(C)n1ncc(C(=O)Nc2ccc3ncn(CCC4CCN(c5ccc(C(=O)O)cc5)C4)c3c2)c1-c1ccc(F)cc1. The maximum Gasteiger partial charge on any atom is 0.335 e. The van der Waals surface area contributed by atoms with Gasteiger partial charge in [-0.1, -0.05) is 0 Å². The van der Waals surface area contributed by atoms with Crippen LogP contribution in [0, 0.1) is 11.7 Å². The van der Waals surface area contributed by atoms with Crippen LogP contribution in [0.1, 0.15) is 54.3 Å². The molecule has 1 aliphatic heterocycles. The lowest BCUT2D eigenvalue weighted by Crippen LogP contribution is -2.24. The van der Waals surface area contributed by atoms with Crippen LogP contribution in [-0.4, -0.2) is 49.4 Å². The number of carboxylic acids is 1. The molecule has 0 bridgehead atoms. The summed E-state index contributed by atoms with van der Waals surface area (Å²) in [6.07, 6.45) is 5.44. The van der Waals surface area contributed by atoms with Crippen LogP contribution in [0.3, 0.4) is 0 Å². The standard InChI is InChI=1S/C34H35FN6O3/c1-34(2,3)41-31(23-4-8-25(35)9-5-23)28(19-37-41)32(42)38-26-10-13-29-30(18-26)40(21-36-29)17-15-22-14-16-39(20-22)27-11-6-24(7-12-27)33(43)44/h4-13,18-19,21-22H,14-17,20H2,1-3H3,(H,38,42)(H,43,44). The highest BCUT2D eigenvalue weighted by atomic mass is 19.1. The number of carboxylic acid groups (broad SMARTS) is 1. The van der Waals surface area contributed by atoms with Gasteiger partial charge < -0.3 is 19.9 Å². The normalized spacial score (nSPS) is 15.2. The molecule has 6 rings (SSSR count). The zero-order chi connectivity index (χ0) is 31.0. The lowest BCUT2D eigenvalue weighted by Gasteiger charge is -2.23. The van der Waals surface area contributed by atoms with Crippen LogP contribution in [0.4, 0.5) is 15.8 Å². The number of imidazole rings is 1. The number of anilines is 2. The van der Waals surface area contributed by atoms with Crippen molar-refractivity contribution in [2.45, 2.75) is 45.7 Å². The van der Waals surface area contributed by atoms with Crippen molar-refractivity contribution in [2.75, 3.05) is 23.3 Å². The lowest BCUT2D eigenvalue weighted by molar-refractivity contribution is 0.0696.